The van der Waals surface area contributed by atoms with Crippen molar-refractivity contribution in [2.45, 2.75) is 259 Å². The minimum atomic E-state index is -1.28. The van der Waals surface area contributed by atoms with Gasteiger partial charge in [-0.15, -0.1) is 0 Å². The van der Waals surface area contributed by atoms with E-state index in [0.717, 1.165) is 60.8 Å². The molecule has 14 bridgehead atoms. The highest BCUT2D eigenvalue weighted by Gasteiger charge is 2.71. The second-order valence-electron chi connectivity index (χ2n) is 33.3. The van der Waals surface area contributed by atoms with Crippen molar-refractivity contribution in [3.05, 3.63) is 70.8 Å². The Morgan fingerprint density at radius 1 is 0.458 bits per heavy atom. The fourth-order valence-corrected chi connectivity index (χ4v) is 23.2. The Morgan fingerprint density at radius 3 is 1.08 bits per heavy atom. The van der Waals surface area contributed by atoms with Gasteiger partial charge in [0.2, 0.25) is 11.8 Å². The third-order valence-corrected chi connectivity index (χ3v) is 29.0. The van der Waals surface area contributed by atoms with E-state index in [0.29, 0.717) is 103 Å². The summed E-state index contributed by atoms with van der Waals surface area (Å²) in [6, 6.07) is 15.9. The van der Waals surface area contributed by atoms with Crippen LogP contribution in [0.4, 0.5) is 0 Å². The van der Waals surface area contributed by atoms with Crippen LogP contribution in [0.5, 0.6) is 0 Å². The average Bonchev–Trinajstić information content (AvgIpc) is 1.17. The van der Waals surface area contributed by atoms with Crippen molar-refractivity contribution >= 4 is 35.7 Å². The van der Waals surface area contributed by atoms with Gasteiger partial charge in [0.05, 0.1) is 50.8 Å². The number of esters is 4. The van der Waals surface area contributed by atoms with Crippen LogP contribution in [0.2, 0.25) is 0 Å². The quantitative estimate of drug-likeness (QED) is 0.0352. The number of unbranched alkanes of at least 4 members (excludes halogenated alkanes) is 4. The molecular formula is C80H118N2O14. The van der Waals surface area contributed by atoms with Crippen LogP contribution in [0.3, 0.4) is 0 Å². The lowest BCUT2D eigenvalue weighted by atomic mass is 9.40. The van der Waals surface area contributed by atoms with Gasteiger partial charge in [-0.2, -0.15) is 0 Å². The molecule has 2 aromatic rings. The van der Waals surface area contributed by atoms with Crippen molar-refractivity contribution in [3.8, 4) is 0 Å². The number of nitrogens with one attached hydrogen (secondary N) is 2. The SMILES string of the molecule is CCCCOC(=O)C(C(=O)OCCCC)[C@]12CC[C@@]3(C)C(C[C@@H](O)[C@H]4[C@@H]5CC[C@H]([C@@H](C)C(=O)NCc6ccc(cc6)[C@@]6(C(C(=O)OCCCC)C(=O)OCCCC)CC[C@@]7(C)C(C[C@@H](O)[C@H]8[C@@H]9CC[C@H]([C@H](C)C(=O)NCc%10ccc1cc%10)[C@@]9(C)[C@@H](O)C[C@@H]87)C6)[C@@]5(C)[C@@H](O)C[C@@H]43)C2. The van der Waals surface area contributed by atoms with Gasteiger partial charge in [0.25, 0.3) is 0 Å². The third-order valence-electron chi connectivity index (χ3n) is 29.0. The van der Waals surface area contributed by atoms with Crippen molar-refractivity contribution in [1.82, 2.24) is 10.6 Å². The Hall–Kier alpha value is -4.90. The molecule has 532 valence electrons. The maximum absolute atomic E-state index is 14.9. The van der Waals surface area contributed by atoms with Crippen molar-refractivity contribution in [3.63, 3.8) is 0 Å². The minimum Gasteiger partial charge on any atom is -0.465 e. The number of rotatable bonds is 18. The molecule has 2 unspecified atom stereocenters. The van der Waals surface area contributed by atoms with E-state index in [1.54, 1.807) is 0 Å². The number of carbonyl (C=O) groups excluding carboxylic acids is 6. The van der Waals surface area contributed by atoms with Crippen LogP contribution in [0, 0.1) is 105 Å². The Bertz CT molecular complexity index is 2850. The van der Waals surface area contributed by atoms with Crippen LogP contribution in [0.1, 0.15) is 233 Å². The largest absolute Gasteiger partial charge is 0.465 e. The van der Waals surface area contributed by atoms with Crippen molar-refractivity contribution in [1.29, 1.82) is 0 Å². The van der Waals surface area contributed by atoms with E-state index in [4.69, 9.17) is 18.9 Å². The van der Waals surface area contributed by atoms with E-state index in [9.17, 15) is 49.2 Å². The van der Waals surface area contributed by atoms with Crippen LogP contribution in [0.25, 0.3) is 0 Å². The normalized spacial score (nSPS) is 40.2. The molecule has 2 aromatic carbocycles. The van der Waals surface area contributed by atoms with E-state index in [-0.39, 0.29) is 121 Å². The summed E-state index contributed by atoms with van der Waals surface area (Å²) in [6.07, 6.45) is 10.5. The smallest absolute Gasteiger partial charge is 0.321 e. The Morgan fingerprint density at radius 2 is 0.771 bits per heavy atom. The molecule has 0 aromatic heterocycles. The van der Waals surface area contributed by atoms with Gasteiger partial charge in [0, 0.05) is 46.6 Å². The molecule has 0 spiro atoms. The zero-order valence-corrected chi connectivity index (χ0v) is 59.7. The highest BCUT2D eigenvalue weighted by atomic mass is 16.6. The van der Waals surface area contributed by atoms with Gasteiger partial charge in [-0.1, -0.05) is 143 Å². The first kappa shape index (κ1) is 72.4. The lowest BCUT2D eigenvalue weighted by Gasteiger charge is -2.65. The van der Waals surface area contributed by atoms with Crippen molar-refractivity contribution < 1.29 is 68.1 Å². The van der Waals surface area contributed by atoms with Gasteiger partial charge >= 0.3 is 23.9 Å². The molecular weight excluding hydrogens is 1210 g/mol. The number of hydrogen-bond donors (Lipinski definition) is 6. The van der Waals surface area contributed by atoms with E-state index in [2.05, 4.69) is 38.3 Å². The second kappa shape index (κ2) is 29.0. The lowest BCUT2D eigenvalue weighted by Crippen LogP contribution is -2.64. The molecule has 96 heavy (non-hydrogen) atoms. The summed E-state index contributed by atoms with van der Waals surface area (Å²) in [4.78, 5) is 88.9. The minimum absolute atomic E-state index is 0.0629. The summed E-state index contributed by atoms with van der Waals surface area (Å²) in [5, 5.41) is 58.0. The monoisotopic (exact) mass is 1330 g/mol. The predicted octanol–water partition coefficient (Wildman–Crippen LogP) is 12.2. The molecule has 17 rings (SSSR count). The average molecular weight is 1330 g/mol. The third kappa shape index (κ3) is 12.5. The van der Waals surface area contributed by atoms with E-state index >= 15 is 0 Å². The van der Waals surface area contributed by atoms with Crippen molar-refractivity contribution in [2.24, 2.45) is 105 Å². The Balaban J connectivity index is 0.962. The molecule has 7 aliphatic heterocycles. The number of hydrogen-bond acceptors (Lipinski definition) is 14. The number of ether oxygens (including phenoxy) is 4. The standard InChI is InChI=1S/C80H118N2O14/c1-11-15-35-93-71(89)67(72(90)94-36-16-12-2)79-33-31-75(7)53(43-79)39-61(83)65-57-29-27-55(77(57,9)63(85)41-59(65)75)48(6)70(88)82-46-50-21-25-52(26-22-50)80(68(73(91)95-37-17-13-3)74(92)96-38-18-14-4)34-32-76(8)54(44-80)40-62(84)66-58-30-28-56(78(58,10)64(86)42-60(66)76)47(5)69(87)81-45-49-19-23-51(79)24-20-49/h19-26,47-48,53-68,83-86H,11-18,27-46H2,1-10H3,(H,81,87)(H,82,88)/t47-,48+,53?,54?,55-,56-,57+,58+,59+,60+,61-,62-,63+,64+,65+,66+,75+,76+,77-,78-,79-,80+/m1/s1. The van der Waals surface area contributed by atoms with E-state index < -0.39 is 93.6 Å². The van der Waals surface area contributed by atoms with E-state index in [1.165, 1.54) is 0 Å². The molecule has 0 radical (unpaired) electrons. The first-order valence-electron chi connectivity index (χ1n) is 38.0. The van der Waals surface area contributed by atoms with Gasteiger partial charge in [-0.25, -0.2) is 0 Å². The van der Waals surface area contributed by atoms with Crippen LogP contribution >= 0.6 is 0 Å². The van der Waals surface area contributed by atoms with Gasteiger partial charge in [0.15, 0.2) is 11.8 Å². The second-order valence-corrected chi connectivity index (χ2v) is 33.3. The van der Waals surface area contributed by atoms with E-state index in [1.807, 2.05) is 90.1 Å². The Labute approximate surface area is 572 Å². The number of carbonyl (C=O) groups is 6. The summed E-state index contributed by atoms with van der Waals surface area (Å²) in [5.74, 6) is -7.38. The molecule has 22 atom stereocenters. The van der Waals surface area contributed by atoms with Crippen LogP contribution in [-0.2, 0) is 71.6 Å². The summed E-state index contributed by atoms with van der Waals surface area (Å²) < 4.78 is 24.2. The number of benzene rings is 2. The summed E-state index contributed by atoms with van der Waals surface area (Å²) in [6.45, 7) is 22.1. The van der Waals surface area contributed by atoms with Crippen LogP contribution in [0.15, 0.2) is 48.5 Å². The summed E-state index contributed by atoms with van der Waals surface area (Å²) in [5.41, 5.74) is -0.981. The summed E-state index contributed by atoms with van der Waals surface area (Å²) >= 11 is 0. The van der Waals surface area contributed by atoms with Crippen molar-refractivity contribution in [2.75, 3.05) is 26.4 Å². The molecule has 16 heteroatoms. The molecule has 16 nitrogen and oxygen atoms in total. The zero-order valence-electron chi connectivity index (χ0n) is 59.7. The molecule has 8 aliphatic carbocycles. The maximum Gasteiger partial charge on any atom is 0.321 e. The zero-order chi connectivity index (χ0) is 68.9. The molecule has 0 saturated heterocycles. The molecule has 6 N–H and O–H groups in total. The number of fused-ring (bicyclic) bond motifs is 2. The Kier molecular flexibility index (Phi) is 21.8. The fourth-order valence-electron chi connectivity index (χ4n) is 23.2. The highest BCUT2D eigenvalue weighted by Crippen LogP contribution is 2.72. The number of aliphatic hydroxyl groups excluding tert-OH is 4. The first-order valence-corrected chi connectivity index (χ1v) is 38.0. The molecule has 2 amide bonds. The van der Waals surface area contributed by atoms with Gasteiger partial charge in [-0.3, -0.25) is 28.8 Å². The van der Waals surface area contributed by atoms with Gasteiger partial charge < -0.3 is 50.0 Å². The van der Waals surface area contributed by atoms with Crippen LogP contribution in [-0.4, -0.2) is 107 Å². The molecule has 8 fully saturated rings. The summed E-state index contributed by atoms with van der Waals surface area (Å²) in [7, 11) is 0. The number of amides is 2. The molecule has 8 saturated carbocycles. The highest BCUT2D eigenvalue weighted by molar-refractivity contribution is 5.98. The van der Waals surface area contributed by atoms with Gasteiger partial charge in [0.1, 0.15) is 0 Å². The predicted molar refractivity (Wildman–Crippen MR) is 365 cm³/mol. The van der Waals surface area contributed by atoms with Gasteiger partial charge in [-0.05, 0) is 208 Å². The molecule has 7 heterocycles. The molecule has 15 aliphatic rings. The number of aliphatic hydroxyl groups is 4. The maximum atomic E-state index is 14.9. The first-order chi connectivity index (χ1) is 45.8. The fraction of sp³-hybridized carbons (Fsp3) is 0.775. The lowest BCUT2D eigenvalue weighted by molar-refractivity contribution is -0.209. The topological polar surface area (TPSA) is 244 Å². The van der Waals surface area contributed by atoms with Crippen LogP contribution < -0.4 is 10.6 Å².